The molecule has 1 N–H and O–H groups in total. The molecule has 3 heteroatoms. The number of unbranched alkanes of at least 4 members (excludes halogenated alkanes) is 1. The third kappa shape index (κ3) is 4.57. The molecule has 0 aromatic heterocycles. The van der Waals surface area contributed by atoms with Crippen LogP contribution in [0.2, 0.25) is 0 Å². The van der Waals surface area contributed by atoms with Crippen molar-refractivity contribution in [3.05, 3.63) is 35.4 Å². The van der Waals surface area contributed by atoms with Crippen LogP contribution in [0.4, 0.5) is 0 Å². The maximum absolute atomic E-state index is 12.3. The molecule has 116 valence electrons. The van der Waals surface area contributed by atoms with Crippen molar-refractivity contribution in [2.75, 3.05) is 13.1 Å². The van der Waals surface area contributed by atoms with Gasteiger partial charge < -0.3 is 10.0 Å². The molecule has 1 amide bonds. The van der Waals surface area contributed by atoms with Gasteiger partial charge in [-0.05, 0) is 37.3 Å². The molecule has 2 rings (SSSR count). The van der Waals surface area contributed by atoms with E-state index < -0.39 is 0 Å². The van der Waals surface area contributed by atoms with Gasteiger partial charge in [-0.25, -0.2) is 0 Å². The summed E-state index contributed by atoms with van der Waals surface area (Å²) in [7, 11) is 0. The zero-order valence-corrected chi connectivity index (χ0v) is 13.2. The lowest BCUT2D eigenvalue weighted by molar-refractivity contribution is -0.129. The maximum atomic E-state index is 12.3. The van der Waals surface area contributed by atoms with E-state index in [2.05, 4.69) is 31.2 Å². The Labute approximate surface area is 128 Å². The summed E-state index contributed by atoms with van der Waals surface area (Å²) in [5.74, 6) is 0.421. The van der Waals surface area contributed by atoms with E-state index in [-0.39, 0.29) is 17.9 Å². The number of likely N-dealkylation sites (tertiary alicyclic amines) is 1. The smallest absolute Gasteiger partial charge is 0.227 e. The lowest BCUT2D eigenvalue weighted by Gasteiger charge is -2.18. The molecule has 1 aliphatic heterocycles. The SMILES string of the molecule is CCCCc1ccc(CC(=O)N2CCC(C(C)O)C2)cc1. The molecule has 2 unspecified atom stereocenters. The van der Waals surface area contributed by atoms with E-state index in [0.29, 0.717) is 13.0 Å². The Hall–Kier alpha value is -1.35. The molecule has 0 bridgehead atoms. The monoisotopic (exact) mass is 289 g/mol. The van der Waals surface area contributed by atoms with Crippen LogP contribution in [0.15, 0.2) is 24.3 Å². The van der Waals surface area contributed by atoms with Crippen LogP contribution in [0, 0.1) is 5.92 Å². The van der Waals surface area contributed by atoms with Crippen LogP contribution in [0.25, 0.3) is 0 Å². The maximum Gasteiger partial charge on any atom is 0.227 e. The second-order valence-electron chi connectivity index (χ2n) is 6.23. The van der Waals surface area contributed by atoms with Gasteiger partial charge in [-0.1, -0.05) is 37.6 Å². The van der Waals surface area contributed by atoms with Crippen LogP contribution in [0.3, 0.4) is 0 Å². The molecule has 0 spiro atoms. The number of benzene rings is 1. The van der Waals surface area contributed by atoms with Gasteiger partial charge >= 0.3 is 0 Å². The van der Waals surface area contributed by atoms with Gasteiger partial charge in [-0.15, -0.1) is 0 Å². The number of hydrogen-bond acceptors (Lipinski definition) is 2. The number of aliphatic hydroxyl groups excluding tert-OH is 1. The number of aryl methyl sites for hydroxylation is 1. The number of rotatable bonds is 6. The van der Waals surface area contributed by atoms with Crippen molar-refractivity contribution in [1.29, 1.82) is 0 Å². The molecular weight excluding hydrogens is 262 g/mol. The van der Waals surface area contributed by atoms with Crippen molar-refractivity contribution in [2.45, 2.75) is 52.1 Å². The predicted molar refractivity (Wildman–Crippen MR) is 85.1 cm³/mol. The zero-order chi connectivity index (χ0) is 15.2. The van der Waals surface area contributed by atoms with E-state index in [4.69, 9.17) is 0 Å². The quantitative estimate of drug-likeness (QED) is 0.875. The minimum Gasteiger partial charge on any atom is -0.393 e. The Kier molecular flexibility index (Phi) is 5.80. The Morgan fingerprint density at radius 3 is 2.57 bits per heavy atom. The van der Waals surface area contributed by atoms with E-state index in [1.54, 1.807) is 0 Å². The van der Waals surface area contributed by atoms with Gasteiger partial charge in [0, 0.05) is 19.0 Å². The van der Waals surface area contributed by atoms with Gasteiger partial charge in [0.15, 0.2) is 0 Å². The number of aliphatic hydroxyl groups is 1. The standard InChI is InChI=1S/C18H27NO2/c1-3-4-5-15-6-8-16(9-7-15)12-18(21)19-11-10-17(13-19)14(2)20/h6-9,14,17,20H,3-5,10-13H2,1-2H3. The molecule has 0 radical (unpaired) electrons. The summed E-state index contributed by atoms with van der Waals surface area (Å²) in [5.41, 5.74) is 2.43. The molecule has 0 aliphatic carbocycles. The molecular formula is C18H27NO2. The Balaban J connectivity index is 1.85. The Bertz CT molecular complexity index is 453. The zero-order valence-electron chi connectivity index (χ0n) is 13.2. The highest BCUT2D eigenvalue weighted by atomic mass is 16.3. The largest absolute Gasteiger partial charge is 0.393 e. The van der Waals surface area contributed by atoms with Crippen molar-refractivity contribution in [1.82, 2.24) is 4.90 Å². The first-order valence-corrected chi connectivity index (χ1v) is 8.13. The van der Waals surface area contributed by atoms with Crippen LogP contribution in [0.5, 0.6) is 0 Å². The van der Waals surface area contributed by atoms with Crippen molar-refractivity contribution < 1.29 is 9.90 Å². The summed E-state index contributed by atoms with van der Waals surface area (Å²) in [6, 6.07) is 8.43. The van der Waals surface area contributed by atoms with Gasteiger partial charge in [0.05, 0.1) is 12.5 Å². The molecule has 21 heavy (non-hydrogen) atoms. The van der Waals surface area contributed by atoms with E-state index in [1.807, 2.05) is 11.8 Å². The lowest BCUT2D eigenvalue weighted by atomic mass is 10.0. The van der Waals surface area contributed by atoms with Crippen LogP contribution in [0.1, 0.15) is 44.2 Å². The highest BCUT2D eigenvalue weighted by Crippen LogP contribution is 2.20. The number of nitrogens with zero attached hydrogens (tertiary/aromatic N) is 1. The van der Waals surface area contributed by atoms with E-state index >= 15 is 0 Å². The molecule has 1 heterocycles. The average Bonchev–Trinajstić information content (AvgIpc) is 2.97. The first-order chi connectivity index (χ1) is 10.1. The van der Waals surface area contributed by atoms with Crippen molar-refractivity contribution >= 4 is 5.91 Å². The average molecular weight is 289 g/mol. The second kappa shape index (κ2) is 7.60. The van der Waals surface area contributed by atoms with Gasteiger partial charge in [0.25, 0.3) is 0 Å². The normalized spacial score (nSPS) is 19.8. The number of hydrogen-bond donors (Lipinski definition) is 1. The summed E-state index contributed by atoms with van der Waals surface area (Å²) >= 11 is 0. The van der Waals surface area contributed by atoms with Crippen LogP contribution in [-0.4, -0.2) is 35.1 Å². The summed E-state index contributed by atoms with van der Waals surface area (Å²) in [4.78, 5) is 14.2. The molecule has 1 saturated heterocycles. The highest BCUT2D eigenvalue weighted by Gasteiger charge is 2.28. The number of carbonyl (C=O) groups excluding carboxylic acids is 1. The molecule has 0 saturated carbocycles. The first-order valence-electron chi connectivity index (χ1n) is 8.13. The fourth-order valence-electron chi connectivity index (χ4n) is 2.90. The van der Waals surface area contributed by atoms with E-state index in [9.17, 15) is 9.90 Å². The lowest BCUT2D eigenvalue weighted by Crippen LogP contribution is -2.31. The Morgan fingerprint density at radius 1 is 1.33 bits per heavy atom. The molecule has 1 aromatic carbocycles. The molecule has 2 atom stereocenters. The van der Waals surface area contributed by atoms with Crippen LogP contribution >= 0.6 is 0 Å². The minimum atomic E-state index is -0.319. The van der Waals surface area contributed by atoms with Crippen molar-refractivity contribution in [3.63, 3.8) is 0 Å². The second-order valence-corrected chi connectivity index (χ2v) is 6.23. The van der Waals surface area contributed by atoms with E-state index in [0.717, 1.165) is 24.9 Å². The van der Waals surface area contributed by atoms with E-state index in [1.165, 1.54) is 18.4 Å². The molecule has 1 aromatic rings. The fraction of sp³-hybridized carbons (Fsp3) is 0.611. The summed E-state index contributed by atoms with van der Waals surface area (Å²) in [5, 5.41) is 9.60. The minimum absolute atomic E-state index is 0.180. The summed E-state index contributed by atoms with van der Waals surface area (Å²) in [6.07, 6.45) is 4.61. The van der Waals surface area contributed by atoms with Gasteiger partial charge in [0.2, 0.25) is 5.91 Å². The first kappa shape index (κ1) is 16.0. The third-order valence-corrected chi connectivity index (χ3v) is 4.46. The topological polar surface area (TPSA) is 40.5 Å². The van der Waals surface area contributed by atoms with Gasteiger partial charge in [0.1, 0.15) is 0 Å². The van der Waals surface area contributed by atoms with Gasteiger partial charge in [-0.2, -0.15) is 0 Å². The molecule has 1 aliphatic rings. The summed E-state index contributed by atoms with van der Waals surface area (Å²) < 4.78 is 0. The van der Waals surface area contributed by atoms with Crippen molar-refractivity contribution in [2.24, 2.45) is 5.92 Å². The number of carbonyl (C=O) groups is 1. The third-order valence-electron chi connectivity index (χ3n) is 4.46. The molecule has 3 nitrogen and oxygen atoms in total. The highest BCUT2D eigenvalue weighted by molar-refractivity contribution is 5.79. The number of amides is 1. The molecule has 1 fully saturated rings. The van der Waals surface area contributed by atoms with Crippen LogP contribution < -0.4 is 0 Å². The van der Waals surface area contributed by atoms with Crippen molar-refractivity contribution in [3.8, 4) is 0 Å². The predicted octanol–water partition coefficient (Wildman–Crippen LogP) is 2.80. The van der Waals surface area contributed by atoms with Crippen LogP contribution in [-0.2, 0) is 17.6 Å². The summed E-state index contributed by atoms with van der Waals surface area (Å²) in [6.45, 7) is 5.49. The van der Waals surface area contributed by atoms with Gasteiger partial charge in [-0.3, -0.25) is 4.79 Å². The Morgan fingerprint density at radius 2 is 2.00 bits per heavy atom. The fourth-order valence-corrected chi connectivity index (χ4v) is 2.90.